The van der Waals surface area contributed by atoms with Crippen molar-refractivity contribution in [1.29, 1.82) is 0 Å². The van der Waals surface area contributed by atoms with Gasteiger partial charge in [-0.3, -0.25) is 9.99 Å². The normalized spacial score (nSPS) is 19.3. The van der Waals surface area contributed by atoms with Crippen LogP contribution in [0.25, 0.3) is 10.9 Å². The minimum absolute atomic E-state index is 0.0215. The van der Waals surface area contributed by atoms with Gasteiger partial charge in [0.1, 0.15) is 5.82 Å². The van der Waals surface area contributed by atoms with E-state index in [1.165, 1.54) is 0 Å². The van der Waals surface area contributed by atoms with Crippen molar-refractivity contribution in [1.82, 2.24) is 9.97 Å². The van der Waals surface area contributed by atoms with Gasteiger partial charge in [-0.05, 0) is 55.2 Å². The highest BCUT2D eigenvalue weighted by Crippen LogP contribution is 2.26. The van der Waals surface area contributed by atoms with Crippen molar-refractivity contribution < 1.29 is 5.11 Å². The lowest BCUT2D eigenvalue weighted by Gasteiger charge is -2.22. The van der Waals surface area contributed by atoms with Crippen LogP contribution in [0.5, 0.6) is 0 Å². The number of nitrogens with zero attached hydrogens (tertiary/aromatic N) is 3. The van der Waals surface area contributed by atoms with Crippen LogP contribution >= 0.6 is 0 Å². The van der Waals surface area contributed by atoms with E-state index in [9.17, 15) is 5.11 Å². The number of benzene rings is 1. The summed E-state index contributed by atoms with van der Waals surface area (Å²) in [6.45, 7) is 0.470. The van der Waals surface area contributed by atoms with Gasteiger partial charge in [-0.1, -0.05) is 12.1 Å². The zero-order chi connectivity index (χ0) is 18.8. The summed E-state index contributed by atoms with van der Waals surface area (Å²) in [5.74, 6) is 7.46. The van der Waals surface area contributed by atoms with Crippen LogP contribution in [0.15, 0.2) is 48.7 Å². The number of fused-ring (bicyclic) bond motifs is 1. The lowest BCUT2D eigenvalue weighted by Crippen LogP contribution is -2.33. The largest absolute Gasteiger partial charge is 0.396 e. The number of hydrogen-bond acceptors (Lipinski definition) is 7. The molecule has 7 nitrogen and oxygen atoms in total. The second-order valence-corrected chi connectivity index (χ2v) is 7.02. The topological polar surface area (TPSA) is 113 Å². The van der Waals surface area contributed by atoms with E-state index in [1.54, 1.807) is 17.3 Å². The molecule has 0 bridgehead atoms. The quantitative estimate of drug-likeness (QED) is 0.406. The fraction of sp³-hybridized carbons (Fsp3) is 0.300. The number of aliphatic hydroxyl groups is 1. The van der Waals surface area contributed by atoms with Crippen molar-refractivity contribution in [3.05, 3.63) is 54.2 Å². The Morgan fingerprint density at radius 3 is 2.89 bits per heavy atom. The van der Waals surface area contributed by atoms with Gasteiger partial charge in [-0.15, -0.1) is 0 Å². The molecule has 1 fully saturated rings. The molecule has 1 aliphatic rings. The third-order valence-electron chi connectivity index (χ3n) is 5.01. The molecular formula is C20H24N6O. The zero-order valence-electron chi connectivity index (χ0n) is 15.0. The van der Waals surface area contributed by atoms with Crippen LogP contribution in [0.1, 0.15) is 24.8 Å². The number of pyridine rings is 2. The Morgan fingerprint density at radius 1 is 1.19 bits per heavy atom. The first-order chi connectivity index (χ1) is 13.1. The van der Waals surface area contributed by atoms with Gasteiger partial charge >= 0.3 is 0 Å². The van der Waals surface area contributed by atoms with Crippen molar-refractivity contribution in [2.24, 2.45) is 5.84 Å². The van der Waals surface area contributed by atoms with Gasteiger partial charge in [0.05, 0.1) is 29.9 Å². The highest BCUT2D eigenvalue weighted by atomic mass is 16.3. The molecule has 2 atom stereocenters. The van der Waals surface area contributed by atoms with Gasteiger partial charge < -0.3 is 16.2 Å². The molecule has 0 saturated heterocycles. The van der Waals surface area contributed by atoms with E-state index < -0.39 is 0 Å². The Balaban J connectivity index is 1.53. The van der Waals surface area contributed by atoms with Crippen LogP contribution < -0.4 is 21.9 Å². The van der Waals surface area contributed by atoms with Crippen molar-refractivity contribution in [2.75, 3.05) is 16.1 Å². The molecule has 6 N–H and O–H groups in total. The molecule has 27 heavy (non-hydrogen) atoms. The average molecular weight is 364 g/mol. The van der Waals surface area contributed by atoms with E-state index in [2.05, 4.69) is 21.4 Å². The molecule has 0 radical (unpaired) electrons. The van der Waals surface area contributed by atoms with E-state index in [1.807, 2.05) is 30.3 Å². The number of nitrogens with one attached hydrogen (secondary N) is 1. The maximum Gasteiger partial charge on any atom is 0.168 e. The molecule has 2 heterocycles. The molecule has 1 aliphatic carbocycles. The van der Waals surface area contributed by atoms with Crippen LogP contribution in [-0.4, -0.2) is 27.2 Å². The highest BCUT2D eigenvalue weighted by Gasteiger charge is 2.25. The summed E-state index contributed by atoms with van der Waals surface area (Å²) in [4.78, 5) is 8.90. The average Bonchev–Trinajstić information content (AvgIpc) is 3.07. The van der Waals surface area contributed by atoms with Crippen molar-refractivity contribution in [2.45, 2.75) is 38.0 Å². The Bertz CT molecular complexity index is 947. The summed E-state index contributed by atoms with van der Waals surface area (Å²) in [6.07, 6.45) is 4.20. The first-order valence-corrected chi connectivity index (χ1v) is 9.17. The van der Waals surface area contributed by atoms with Gasteiger partial charge in [0.15, 0.2) is 5.82 Å². The maximum absolute atomic E-state index is 10.0. The van der Waals surface area contributed by atoms with E-state index in [0.717, 1.165) is 35.7 Å². The van der Waals surface area contributed by atoms with E-state index in [-0.39, 0.29) is 12.1 Å². The van der Waals surface area contributed by atoms with Gasteiger partial charge in [-0.2, -0.15) is 0 Å². The molecule has 140 valence electrons. The lowest BCUT2D eigenvalue weighted by molar-refractivity contribution is 0.171. The molecule has 1 aromatic carbocycles. The van der Waals surface area contributed by atoms with Gasteiger partial charge in [0, 0.05) is 11.6 Å². The predicted molar refractivity (Wildman–Crippen MR) is 108 cm³/mol. The van der Waals surface area contributed by atoms with Crippen molar-refractivity contribution >= 4 is 28.2 Å². The summed E-state index contributed by atoms with van der Waals surface area (Å²) in [7, 11) is 0. The molecule has 2 aromatic heterocycles. The number of nitrogens with two attached hydrogens (primary N) is 2. The predicted octanol–water partition coefficient (Wildman–Crippen LogP) is 2.42. The third kappa shape index (κ3) is 3.79. The number of aliphatic hydroxyl groups excluding tert-OH is 1. The fourth-order valence-electron chi connectivity index (χ4n) is 3.56. The molecule has 0 amide bonds. The van der Waals surface area contributed by atoms with Crippen LogP contribution in [0.3, 0.4) is 0 Å². The molecule has 3 aromatic rings. The molecule has 1 saturated carbocycles. The Kier molecular flexibility index (Phi) is 4.79. The Hall–Kier alpha value is -2.90. The minimum Gasteiger partial charge on any atom is -0.396 e. The monoisotopic (exact) mass is 364 g/mol. The summed E-state index contributed by atoms with van der Waals surface area (Å²) < 4.78 is 0. The zero-order valence-corrected chi connectivity index (χ0v) is 15.0. The standard InChI is InChI=1S/C20H24N6O/c21-15-7-9-19(24-17-4-1-5-18(17)27)25-20(15)26(22)12-13-6-8-16-14(11-13)3-2-10-23-16/h2-3,6-11,17-18,27H,1,4-5,12,21-22H2,(H,24,25)/t17-,18+/m1/s1. The van der Waals surface area contributed by atoms with Crippen LogP contribution in [0, 0.1) is 0 Å². The maximum atomic E-state index is 10.0. The van der Waals surface area contributed by atoms with E-state index in [0.29, 0.717) is 23.9 Å². The molecule has 4 rings (SSSR count). The number of rotatable bonds is 5. The number of hydrazine groups is 1. The van der Waals surface area contributed by atoms with Gasteiger partial charge in [0.25, 0.3) is 0 Å². The van der Waals surface area contributed by atoms with Crippen LogP contribution in [0.2, 0.25) is 0 Å². The van der Waals surface area contributed by atoms with Crippen LogP contribution in [0.4, 0.5) is 17.3 Å². The molecule has 7 heteroatoms. The second-order valence-electron chi connectivity index (χ2n) is 7.02. The smallest absolute Gasteiger partial charge is 0.168 e. The first kappa shape index (κ1) is 17.5. The Morgan fingerprint density at radius 2 is 2.07 bits per heavy atom. The molecular weight excluding hydrogens is 340 g/mol. The summed E-state index contributed by atoms with van der Waals surface area (Å²) in [5, 5.41) is 15.9. The van der Waals surface area contributed by atoms with Crippen molar-refractivity contribution in [3.63, 3.8) is 0 Å². The number of nitrogen functional groups attached to an aromatic ring is 1. The number of anilines is 3. The van der Waals surface area contributed by atoms with E-state index in [4.69, 9.17) is 11.6 Å². The fourth-order valence-corrected chi connectivity index (χ4v) is 3.56. The summed E-state index contributed by atoms with van der Waals surface area (Å²) in [6, 6.07) is 13.6. The summed E-state index contributed by atoms with van der Waals surface area (Å²) in [5.41, 5.74) is 8.60. The third-order valence-corrected chi connectivity index (χ3v) is 5.01. The van der Waals surface area contributed by atoms with Crippen LogP contribution in [-0.2, 0) is 6.54 Å². The first-order valence-electron chi connectivity index (χ1n) is 9.17. The molecule has 0 unspecified atom stereocenters. The number of hydrogen-bond donors (Lipinski definition) is 4. The lowest BCUT2D eigenvalue weighted by atomic mass is 10.1. The minimum atomic E-state index is -0.340. The highest BCUT2D eigenvalue weighted by molar-refractivity contribution is 5.79. The SMILES string of the molecule is Nc1ccc(N[C@@H]2CCC[C@@H]2O)nc1N(N)Cc1ccc2ncccc2c1. The summed E-state index contributed by atoms with van der Waals surface area (Å²) >= 11 is 0. The van der Waals surface area contributed by atoms with Gasteiger partial charge in [0.2, 0.25) is 0 Å². The number of aromatic nitrogens is 2. The molecule has 0 aliphatic heterocycles. The molecule has 0 spiro atoms. The van der Waals surface area contributed by atoms with E-state index >= 15 is 0 Å². The Labute approximate surface area is 158 Å². The van der Waals surface area contributed by atoms with Gasteiger partial charge in [-0.25, -0.2) is 10.8 Å². The van der Waals surface area contributed by atoms with Crippen molar-refractivity contribution in [3.8, 4) is 0 Å². The second kappa shape index (κ2) is 7.38.